The monoisotopic (exact) mass is 368 g/mol. The molecule has 1 N–H and O–H groups in total. The first-order valence-corrected chi connectivity index (χ1v) is 8.73. The first-order valence-electron chi connectivity index (χ1n) is 8.73. The maximum atomic E-state index is 13.1. The largest absolute Gasteiger partial charge is 0.493 e. The van der Waals surface area contributed by atoms with Crippen molar-refractivity contribution in [2.45, 2.75) is 32.9 Å². The smallest absolute Gasteiger partial charge is 0.325 e. The zero-order chi connectivity index (χ0) is 19.8. The Morgan fingerprint density at radius 3 is 2.19 bits per heavy atom. The average Bonchev–Trinajstić information content (AvgIpc) is 2.87. The average molecular weight is 368 g/mol. The van der Waals surface area contributed by atoms with Crippen molar-refractivity contribution < 1.29 is 19.1 Å². The van der Waals surface area contributed by atoms with E-state index in [1.54, 1.807) is 27.2 Å². The van der Waals surface area contributed by atoms with Crippen molar-refractivity contribution in [2.75, 3.05) is 14.2 Å². The third-order valence-electron chi connectivity index (χ3n) is 5.07. The molecule has 1 heterocycles. The number of nitrogens with zero attached hydrogens (tertiary/aromatic N) is 1. The summed E-state index contributed by atoms with van der Waals surface area (Å²) in [5, 5.41) is 2.84. The van der Waals surface area contributed by atoms with Crippen molar-refractivity contribution in [1.29, 1.82) is 0 Å². The number of urea groups is 1. The van der Waals surface area contributed by atoms with Crippen molar-refractivity contribution >= 4 is 11.9 Å². The van der Waals surface area contributed by atoms with Crippen LogP contribution >= 0.6 is 0 Å². The third-order valence-corrected chi connectivity index (χ3v) is 5.07. The summed E-state index contributed by atoms with van der Waals surface area (Å²) in [6.45, 7) is 5.79. The number of imide groups is 1. The number of benzene rings is 2. The summed E-state index contributed by atoms with van der Waals surface area (Å²) >= 11 is 0. The Kier molecular flexibility index (Phi) is 4.83. The van der Waals surface area contributed by atoms with Crippen LogP contribution in [0.4, 0.5) is 4.79 Å². The van der Waals surface area contributed by atoms with E-state index in [1.165, 1.54) is 4.90 Å². The fraction of sp³-hybridized carbons (Fsp3) is 0.333. The van der Waals surface area contributed by atoms with Crippen molar-refractivity contribution in [3.05, 3.63) is 58.7 Å². The molecule has 2 aromatic rings. The van der Waals surface area contributed by atoms with Gasteiger partial charge in [-0.1, -0.05) is 29.8 Å². The van der Waals surface area contributed by atoms with Gasteiger partial charge in [-0.2, -0.15) is 0 Å². The molecule has 3 amide bonds. The fourth-order valence-electron chi connectivity index (χ4n) is 3.29. The Labute approximate surface area is 159 Å². The summed E-state index contributed by atoms with van der Waals surface area (Å²) in [5.74, 6) is 0.900. The zero-order valence-corrected chi connectivity index (χ0v) is 16.3. The predicted octanol–water partition coefficient (Wildman–Crippen LogP) is 3.29. The van der Waals surface area contributed by atoms with E-state index in [1.807, 2.05) is 44.2 Å². The molecule has 0 saturated carbocycles. The molecular weight excluding hydrogens is 344 g/mol. The molecule has 2 aromatic carbocycles. The van der Waals surface area contributed by atoms with Gasteiger partial charge in [0.25, 0.3) is 5.91 Å². The standard InChI is InChI=1S/C21H24N2O4/c1-13-6-8-16(9-7-13)21(3)19(24)23(20(25)22-21)12-15-11-18(27-5)17(26-4)10-14(15)2/h6-11H,12H2,1-5H3,(H,22,25)/t21-/m0/s1. The molecule has 27 heavy (non-hydrogen) atoms. The molecule has 142 valence electrons. The lowest BCUT2D eigenvalue weighted by Crippen LogP contribution is -2.40. The molecule has 6 nitrogen and oxygen atoms in total. The van der Waals surface area contributed by atoms with E-state index in [-0.39, 0.29) is 12.5 Å². The Morgan fingerprint density at radius 2 is 1.59 bits per heavy atom. The van der Waals surface area contributed by atoms with Gasteiger partial charge in [-0.3, -0.25) is 9.69 Å². The summed E-state index contributed by atoms with van der Waals surface area (Å²) in [6, 6.07) is 10.8. The van der Waals surface area contributed by atoms with Gasteiger partial charge in [0.15, 0.2) is 11.5 Å². The second kappa shape index (κ2) is 6.95. The molecule has 1 aliphatic rings. The summed E-state index contributed by atoms with van der Waals surface area (Å²) in [5.41, 5.74) is 2.52. The number of ether oxygens (including phenoxy) is 2. The van der Waals surface area contributed by atoms with Crippen LogP contribution in [0.25, 0.3) is 0 Å². The fourth-order valence-corrected chi connectivity index (χ4v) is 3.29. The predicted molar refractivity (Wildman–Crippen MR) is 102 cm³/mol. The summed E-state index contributed by atoms with van der Waals surface area (Å²) in [4.78, 5) is 26.9. The normalized spacial score (nSPS) is 19.2. The van der Waals surface area contributed by atoms with Gasteiger partial charge in [-0.25, -0.2) is 4.79 Å². The van der Waals surface area contributed by atoms with E-state index in [0.717, 1.165) is 22.3 Å². The lowest BCUT2D eigenvalue weighted by Gasteiger charge is -2.23. The van der Waals surface area contributed by atoms with Crippen molar-refractivity contribution in [3.63, 3.8) is 0 Å². The molecule has 1 atom stereocenters. The molecular formula is C21H24N2O4. The number of methoxy groups -OCH3 is 2. The van der Waals surface area contributed by atoms with E-state index >= 15 is 0 Å². The Morgan fingerprint density at radius 1 is 1.00 bits per heavy atom. The second-order valence-electron chi connectivity index (χ2n) is 6.95. The number of rotatable bonds is 5. The van der Waals surface area contributed by atoms with E-state index in [9.17, 15) is 9.59 Å². The molecule has 1 aliphatic heterocycles. The Balaban J connectivity index is 1.91. The van der Waals surface area contributed by atoms with E-state index in [2.05, 4.69) is 5.32 Å². The van der Waals surface area contributed by atoms with E-state index in [4.69, 9.17) is 9.47 Å². The van der Waals surface area contributed by atoms with Crippen LogP contribution in [0.1, 0.15) is 29.2 Å². The third kappa shape index (κ3) is 3.23. The first kappa shape index (κ1) is 18.8. The number of hydrogen-bond donors (Lipinski definition) is 1. The summed E-state index contributed by atoms with van der Waals surface area (Å²) in [7, 11) is 3.13. The van der Waals surface area contributed by atoms with Crippen LogP contribution in [0.15, 0.2) is 36.4 Å². The van der Waals surface area contributed by atoms with Crippen molar-refractivity contribution in [2.24, 2.45) is 0 Å². The van der Waals surface area contributed by atoms with Gasteiger partial charge in [0.05, 0.1) is 20.8 Å². The SMILES string of the molecule is COc1cc(C)c(CN2C(=O)N[C@@](C)(c3ccc(C)cc3)C2=O)cc1OC. The number of amides is 3. The molecule has 0 radical (unpaired) electrons. The number of carbonyl (C=O) groups excluding carboxylic acids is 2. The van der Waals surface area contributed by atoms with Gasteiger partial charge in [-0.15, -0.1) is 0 Å². The van der Waals surface area contributed by atoms with Crippen molar-refractivity contribution in [1.82, 2.24) is 10.2 Å². The highest BCUT2D eigenvalue weighted by atomic mass is 16.5. The zero-order valence-electron chi connectivity index (χ0n) is 16.3. The first-order chi connectivity index (χ1) is 12.8. The van der Waals surface area contributed by atoms with Crippen LogP contribution in [0.5, 0.6) is 11.5 Å². The number of carbonyl (C=O) groups is 2. The Hall–Kier alpha value is -3.02. The lowest BCUT2D eigenvalue weighted by molar-refractivity contribution is -0.131. The van der Waals surface area contributed by atoms with E-state index in [0.29, 0.717) is 11.5 Å². The molecule has 3 rings (SSSR count). The van der Waals surface area contributed by atoms with Gasteiger partial charge in [0.2, 0.25) is 0 Å². The molecule has 1 saturated heterocycles. The molecule has 1 fully saturated rings. The minimum Gasteiger partial charge on any atom is -0.493 e. The van der Waals surface area contributed by atoms with E-state index < -0.39 is 11.6 Å². The highest BCUT2D eigenvalue weighted by Crippen LogP contribution is 2.33. The maximum absolute atomic E-state index is 13.1. The number of aryl methyl sites for hydroxylation is 2. The summed E-state index contributed by atoms with van der Waals surface area (Å²) < 4.78 is 10.6. The highest BCUT2D eigenvalue weighted by Gasteiger charge is 2.48. The molecule has 0 unspecified atom stereocenters. The van der Waals surface area contributed by atoms with Gasteiger partial charge in [0.1, 0.15) is 5.54 Å². The molecule has 0 spiro atoms. The molecule has 0 bridgehead atoms. The van der Waals surface area contributed by atoms with Gasteiger partial charge >= 0.3 is 6.03 Å². The van der Waals surface area contributed by atoms with Crippen molar-refractivity contribution in [3.8, 4) is 11.5 Å². The van der Waals surface area contributed by atoms with Crippen LogP contribution in [0, 0.1) is 13.8 Å². The van der Waals surface area contributed by atoms with Crippen LogP contribution in [-0.2, 0) is 16.9 Å². The summed E-state index contributed by atoms with van der Waals surface area (Å²) in [6.07, 6.45) is 0. The van der Waals surface area contributed by atoms with Crippen LogP contribution in [-0.4, -0.2) is 31.1 Å². The molecule has 6 heteroatoms. The van der Waals surface area contributed by atoms with Gasteiger partial charge < -0.3 is 14.8 Å². The Bertz CT molecular complexity index is 892. The van der Waals surface area contributed by atoms with Gasteiger partial charge in [-0.05, 0) is 49.6 Å². The molecule has 0 aliphatic carbocycles. The minimum atomic E-state index is -1.07. The van der Waals surface area contributed by atoms with Crippen LogP contribution in [0.3, 0.4) is 0 Å². The quantitative estimate of drug-likeness (QED) is 0.823. The second-order valence-corrected chi connectivity index (χ2v) is 6.95. The topological polar surface area (TPSA) is 67.9 Å². The lowest BCUT2D eigenvalue weighted by atomic mass is 9.91. The molecule has 0 aromatic heterocycles. The number of hydrogen-bond acceptors (Lipinski definition) is 4. The van der Waals surface area contributed by atoms with Gasteiger partial charge in [0, 0.05) is 0 Å². The van der Waals surface area contributed by atoms with Crippen LogP contribution < -0.4 is 14.8 Å². The number of nitrogens with one attached hydrogen (secondary N) is 1. The highest BCUT2D eigenvalue weighted by molar-refractivity contribution is 6.07. The maximum Gasteiger partial charge on any atom is 0.325 e. The van der Waals surface area contributed by atoms with Crippen LogP contribution in [0.2, 0.25) is 0 Å². The minimum absolute atomic E-state index is 0.165.